The van der Waals surface area contributed by atoms with Gasteiger partial charge in [-0.05, 0) is 30.7 Å². The van der Waals surface area contributed by atoms with E-state index in [2.05, 4.69) is 17.1 Å². The van der Waals surface area contributed by atoms with E-state index in [1.807, 2.05) is 31.2 Å². The van der Waals surface area contributed by atoms with Crippen LogP contribution in [0, 0.1) is 0 Å². The number of rotatable bonds is 3. The first-order valence-electron chi connectivity index (χ1n) is 5.20. The topological polar surface area (TPSA) is 38.9 Å². The first kappa shape index (κ1) is 11.2. The summed E-state index contributed by atoms with van der Waals surface area (Å²) in [5, 5.41) is 0. The monoisotopic (exact) mass is 230 g/mol. The smallest absolute Gasteiger partial charge is 0.0279 e. The Bertz CT molecular complexity index is 454. The molecule has 2 aromatic rings. The molecular formula is C13H14N2S. The van der Waals surface area contributed by atoms with Crippen molar-refractivity contribution in [2.24, 2.45) is 5.73 Å². The van der Waals surface area contributed by atoms with Crippen LogP contribution >= 0.6 is 11.8 Å². The number of nitrogens with zero attached hydrogens (tertiary/aromatic N) is 1. The van der Waals surface area contributed by atoms with Crippen molar-refractivity contribution in [1.82, 2.24) is 4.98 Å². The van der Waals surface area contributed by atoms with Crippen LogP contribution in [0.4, 0.5) is 0 Å². The van der Waals surface area contributed by atoms with Crippen molar-refractivity contribution < 1.29 is 0 Å². The van der Waals surface area contributed by atoms with Gasteiger partial charge in [-0.1, -0.05) is 30.0 Å². The molecule has 0 unspecified atom stereocenters. The Labute approximate surface area is 99.9 Å². The number of hydrogen-bond acceptors (Lipinski definition) is 3. The lowest BCUT2D eigenvalue weighted by Crippen LogP contribution is -2.05. The van der Waals surface area contributed by atoms with Gasteiger partial charge in [-0.3, -0.25) is 4.98 Å². The Morgan fingerprint density at radius 2 is 1.81 bits per heavy atom. The van der Waals surface area contributed by atoms with Crippen LogP contribution in [0.3, 0.4) is 0 Å². The predicted octanol–water partition coefficient (Wildman–Crippen LogP) is 3.25. The molecule has 2 N–H and O–H groups in total. The van der Waals surface area contributed by atoms with Crippen molar-refractivity contribution in [3.63, 3.8) is 0 Å². The van der Waals surface area contributed by atoms with Crippen molar-refractivity contribution in [1.29, 1.82) is 0 Å². The fourth-order valence-electron chi connectivity index (χ4n) is 1.48. The summed E-state index contributed by atoms with van der Waals surface area (Å²) >= 11 is 1.72. The maximum absolute atomic E-state index is 5.94. The highest BCUT2D eigenvalue weighted by molar-refractivity contribution is 7.99. The van der Waals surface area contributed by atoms with E-state index in [4.69, 9.17) is 5.73 Å². The first-order chi connectivity index (χ1) is 7.77. The van der Waals surface area contributed by atoms with E-state index in [1.54, 1.807) is 24.2 Å². The van der Waals surface area contributed by atoms with Crippen LogP contribution in [0.1, 0.15) is 18.5 Å². The van der Waals surface area contributed by atoms with Gasteiger partial charge >= 0.3 is 0 Å². The summed E-state index contributed by atoms with van der Waals surface area (Å²) in [5.74, 6) is 0. The molecule has 2 rings (SSSR count). The zero-order chi connectivity index (χ0) is 11.4. The molecule has 1 aromatic heterocycles. The SMILES string of the molecule is C[C@@H](N)c1ccccc1Sc1ccncc1. The average Bonchev–Trinajstić information content (AvgIpc) is 2.31. The zero-order valence-electron chi connectivity index (χ0n) is 9.13. The molecule has 0 radical (unpaired) electrons. The summed E-state index contributed by atoms with van der Waals surface area (Å²) in [6.07, 6.45) is 3.60. The Hall–Kier alpha value is -1.32. The highest BCUT2D eigenvalue weighted by Gasteiger charge is 2.06. The molecule has 0 fully saturated rings. The van der Waals surface area contributed by atoms with E-state index in [9.17, 15) is 0 Å². The summed E-state index contributed by atoms with van der Waals surface area (Å²) in [6, 6.07) is 12.3. The van der Waals surface area contributed by atoms with Gasteiger partial charge in [0.2, 0.25) is 0 Å². The molecule has 1 heterocycles. The molecule has 0 saturated carbocycles. The molecule has 0 amide bonds. The zero-order valence-corrected chi connectivity index (χ0v) is 9.95. The summed E-state index contributed by atoms with van der Waals surface area (Å²) in [7, 11) is 0. The quantitative estimate of drug-likeness (QED) is 0.879. The molecule has 0 aliphatic rings. The van der Waals surface area contributed by atoms with Crippen molar-refractivity contribution in [3.8, 4) is 0 Å². The summed E-state index contributed by atoms with van der Waals surface area (Å²) < 4.78 is 0. The molecule has 2 nitrogen and oxygen atoms in total. The molecule has 0 aliphatic heterocycles. The number of hydrogen-bond donors (Lipinski definition) is 1. The van der Waals surface area contributed by atoms with Gasteiger partial charge in [0.15, 0.2) is 0 Å². The normalized spacial score (nSPS) is 12.4. The third-order valence-electron chi connectivity index (χ3n) is 2.29. The third kappa shape index (κ3) is 2.62. The Morgan fingerprint density at radius 3 is 2.50 bits per heavy atom. The first-order valence-corrected chi connectivity index (χ1v) is 6.01. The molecule has 1 atom stereocenters. The highest BCUT2D eigenvalue weighted by Crippen LogP contribution is 2.31. The van der Waals surface area contributed by atoms with E-state index in [-0.39, 0.29) is 6.04 Å². The summed E-state index contributed by atoms with van der Waals surface area (Å²) in [6.45, 7) is 2.01. The van der Waals surface area contributed by atoms with Gasteiger partial charge in [-0.15, -0.1) is 0 Å². The standard InChI is InChI=1S/C13H14N2S/c1-10(14)12-4-2-3-5-13(12)16-11-6-8-15-9-7-11/h2-10H,14H2,1H3/t10-/m1/s1. The van der Waals surface area contributed by atoms with E-state index < -0.39 is 0 Å². The molecule has 0 spiro atoms. The van der Waals surface area contributed by atoms with Crippen molar-refractivity contribution in [2.45, 2.75) is 22.8 Å². The predicted molar refractivity (Wildman–Crippen MR) is 67.4 cm³/mol. The number of benzene rings is 1. The molecule has 0 bridgehead atoms. The largest absolute Gasteiger partial charge is 0.324 e. The highest BCUT2D eigenvalue weighted by atomic mass is 32.2. The van der Waals surface area contributed by atoms with Gasteiger partial charge in [0.05, 0.1) is 0 Å². The Balaban J connectivity index is 2.28. The van der Waals surface area contributed by atoms with Crippen LogP contribution in [0.15, 0.2) is 58.6 Å². The van der Waals surface area contributed by atoms with Crippen LogP contribution in [0.5, 0.6) is 0 Å². The van der Waals surface area contributed by atoms with Gasteiger partial charge in [-0.2, -0.15) is 0 Å². The van der Waals surface area contributed by atoms with Crippen LogP contribution < -0.4 is 5.73 Å². The number of aromatic nitrogens is 1. The fraction of sp³-hybridized carbons (Fsp3) is 0.154. The van der Waals surface area contributed by atoms with E-state index >= 15 is 0 Å². The van der Waals surface area contributed by atoms with Gasteiger partial charge in [0, 0.05) is 28.2 Å². The van der Waals surface area contributed by atoms with Crippen molar-refractivity contribution >= 4 is 11.8 Å². The Morgan fingerprint density at radius 1 is 1.12 bits per heavy atom. The van der Waals surface area contributed by atoms with Crippen molar-refractivity contribution in [3.05, 3.63) is 54.4 Å². The van der Waals surface area contributed by atoms with Crippen LogP contribution in [0.2, 0.25) is 0 Å². The lowest BCUT2D eigenvalue weighted by atomic mass is 10.1. The molecule has 1 aromatic carbocycles. The maximum Gasteiger partial charge on any atom is 0.0279 e. The van der Waals surface area contributed by atoms with Crippen LogP contribution in [-0.4, -0.2) is 4.98 Å². The number of nitrogens with two attached hydrogens (primary N) is 1. The summed E-state index contributed by atoms with van der Waals surface area (Å²) in [4.78, 5) is 6.40. The van der Waals surface area contributed by atoms with E-state index in [0.717, 1.165) is 0 Å². The molecular weight excluding hydrogens is 216 g/mol. The molecule has 0 saturated heterocycles. The summed E-state index contributed by atoms with van der Waals surface area (Å²) in [5.41, 5.74) is 7.13. The fourth-order valence-corrected chi connectivity index (χ4v) is 2.51. The minimum Gasteiger partial charge on any atom is -0.324 e. The van der Waals surface area contributed by atoms with E-state index in [1.165, 1.54) is 15.4 Å². The lowest BCUT2D eigenvalue weighted by Gasteiger charge is -2.11. The molecule has 16 heavy (non-hydrogen) atoms. The van der Waals surface area contributed by atoms with Crippen LogP contribution in [0.25, 0.3) is 0 Å². The average molecular weight is 230 g/mol. The second-order valence-electron chi connectivity index (χ2n) is 3.61. The maximum atomic E-state index is 5.94. The second kappa shape index (κ2) is 5.14. The third-order valence-corrected chi connectivity index (χ3v) is 3.39. The van der Waals surface area contributed by atoms with Gasteiger partial charge in [0.25, 0.3) is 0 Å². The van der Waals surface area contributed by atoms with Gasteiger partial charge in [-0.25, -0.2) is 0 Å². The minimum atomic E-state index is 0.0607. The Kier molecular flexibility index (Phi) is 3.59. The van der Waals surface area contributed by atoms with Gasteiger partial charge < -0.3 is 5.73 Å². The second-order valence-corrected chi connectivity index (χ2v) is 4.73. The minimum absolute atomic E-state index is 0.0607. The van der Waals surface area contributed by atoms with Crippen LogP contribution in [-0.2, 0) is 0 Å². The lowest BCUT2D eigenvalue weighted by molar-refractivity contribution is 0.797. The number of pyridine rings is 1. The molecule has 3 heteroatoms. The molecule has 0 aliphatic carbocycles. The molecule has 82 valence electrons. The van der Waals surface area contributed by atoms with Crippen molar-refractivity contribution in [2.75, 3.05) is 0 Å². The van der Waals surface area contributed by atoms with E-state index in [0.29, 0.717) is 0 Å². The van der Waals surface area contributed by atoms with Gasteiger partial charge in [0.1, 0.15) is 0 Å².